The van der Waals surface area contributed by atoms with Crippen LogP contribution in [0.1, 0.15) is 23.8 Å². The Morgan fingerprint density at radius 3 is 3.14 bits per heavy atom. The fraction of sp³-hybridized carbons (Fsp3) is 0.400. The van der Waals surface area contributed by atoms with Crippen molar-refractivity contribution in [3.8, 4) is 6.07 Å². The van der Waals surface area contributed by atoms with Crippen molar-refractivity contribution >= 4 is 17.4 Å². The van der Waals surface area contributed by atoms with Crippen molar-refractivity contribution < 1.29 is 4.74 Å². The van der Waals surface area contributed by atoms with Gasteiger partial charge in [-0.25, -0.2) is 4.98 Å². The van der Waals surface area contributed by atoms with E-state index in [-0.39, 0.29) is 6.10 Å². The third-order valence-electron chi connectivity index (χ3n) is 3.87. The van der Waals surface area contributed by atoms with Gasteiger partial charge < -0.3 is 10.1 Å². The number of hydrogen-bond acceptors (Lipinski definition) is 5. The topological polar surface area (TPSA) is 75.8 Å². The highest BCUT2D eigenvalue weighted by atomic mass is 35.5. The van der Waals surface area contributed by atoms with Crippen LogP contribution in [0.4, 0.5) is 5.82 Å². The molecule has 0 spiro atoms. The monoisotopic (exact) mass is 317 g/mol. The number of hydrogen-bond donors (Lipinski definition) is 1. The van der Waals surface area contributed by atoms with Gasteiger partial charge in [-0.15, -0.1) is 0 Å². The standard InChI is InChI=1S/C15H16ClN5O/c1-21-13(2-4-20-21)14-11(3-5-22-14)9-19-15-12(16)6-10(7-17)8-18-15/h2,4,6,8,11,14H,3,5,9H2,1H3,(H,18,19)/t11-,14+/m0/s1. The average Bonchev–Trinajstić information content (AvgIpc) is 3.14. The number of aromatic nitrogens is 3. The smallest absolute Gasteiger partial charge is 0.144 e. The van der Waals surface area contributed by atoms with Gasteiger partial charge in [0.1, 0.15) is 18.0 Å². The SMILES string of the molecule is Cn1nccc1[C@@H]1OCC[C@H]1CNc1ncc(C#N)cc1Cl. The van der Waals surface area contributed by atoms with Gasteiger partial charge in [-0.1, -0.05) is 11.6 Å². The number of pyridine rings is 1. The van der Waals surface area contributed by atoms with Crippen molar-refractivity contribution in [2.75, 3.05) is 18.5 Å². The van der Waals surface area contributed by atoms with Crippen molar-refractivity contribution in [1.29, 1.82) is 5.26 Å². The lowest BCUT2D eigenvalue weighted by Gasteiger charge is -2.19. The molecule has 22 heavy (non-hydrogen) atoms. The number of halogens is 1. The molecule has 1 N–H and O–H groups in total. The second-order valence-electron chi connectivity index (χ2n) is 5.27. The lowest BCUT2D eigenvalue weighted by Crippen LogP contribution is -2.20. The van der Waals surface area contributed by atoms with Gasteiger partial charge in [-0.05, 0) is 18.6 Å². The van der Waals surface area contributed by atoms with Crippen molar-refractivity contribution in [2.24, 2.45) is 13.0 Å². The first-order valence-electron chi connectivity index (χ1n) is 7.08. The Morgan fingerprint density at radius 1 is 1.59 bits per heavy atom. The molecule has 0 aliphatic carbocycles. The van der Waals surface area contributed by atoms with E-state index in [9.17, 15) is 0 Å². The molecule has 2 aromatic rings. The highest BCUT2D eigenvalue weighted by Crippen LogP contribution is 2.34. The Balaban J connectivity index is 1.68. The van der Waals surface area contributed by atoms with Crippen LogP contribution in [0.25, 0.3) is 0 Å². The van der Waals surface area contributed by atoms with Crippen LogP contribution in [0.2, 0.25) is 5.02 Å². The van der Waals surface area contributed by atoms with Gasteiger partial charge in [-0.2, -0.15) is 10.4 Å². The fourth-order valence-corrected chi connectivity index (χ4v) is 2.92. The summed E-state index contributed by atoms with van der Waals surface area (Å²) in [6, 6.07) is 5.61. The van der Waals surface area contributed by atoms with E-state index < -0.39 is 0 Å². The zero-order valence-corrected chi connectivity index (χ0v) is 12.9. The van der Waals surface area contributed by atoms with E-state index in [4.69, 9.17) is 21.6 Å². The summed E-state index contributed by atoms with van der Waals surface area (Å²) >= 11 is 6.13. The predicted octanol–water partition coefficient (Wildman–Crippen LogP) is 2.53. The van der Waals surface area contributed by atoms with Crippen LogP contribution < -0.4 is 5.32 Å². The first kappa shape index (κ1) is 14.8. The maximum atomic E-state index is 8.83. The molecule has 7 heteroatoms. The molecule has 114 valence electrons. The summed E-state index contributed by atoms with van der Waals surface area (Å²) in [6.45, 7) is 1.44. The molecule has 3 heterocycles. The zero-order valence-electron chi connectivity index (χ0n) is 12.2. The van der Waals surface area contributed by atoms with E-state index in [1.54, 1.807) is 12.3 Å². The van der Waals surface area contributed by atoms with E-state index in [1.807, 2.05) is 23.9 Å². The summed E-state index contributed by atoms with van der Waals surface area (Å²) in [4.78, 5) is 4.19. The lowest BCUT2D eigenvalue weighted by atomic mass is 9.99. The first-order valence-corrected chi connectivity index (χ1v) is 7.46. The van der Waals surface area contributed by atoms with E-state index in [2.05, 4.69) is 15.4 Å². The van der Waals surface area contributed by atoms with Gasteiger partial charge in [0.2, 0.25) is 0 Å². The molecule has 0 unspecified atom stereocenters. The Hall–Kier alpha value is -2.10. The van der Waals surface area contributed by atoms with Gasteiger partial charge in [0.25, 0.3) is 0 Å². The maximum absolute atomic E-state index is 8.83. The van der Waals surface area contributed by atoms with E-state index in [0.29, 0.717) is 28.9 Å². The maximum Gasteiger partial charge on any atom is 0.144 e. The molecule has 1 aliphatic heterocycles. The van der Waals surface area contributed by atoms with E-state index >= 15 is 0 Å². The summed E-state index contributed by atoms with van der Waals surface area (Å²) in [5.74, 6) is 0.917. The average molecular weight is 318 g/mol. The van der Waals surface area contributed by atoms with Gasteiger partial charge in [-0.3, -0.25) is 4.68 Å². The van der Waals surface area contributed by atoms with Crippen molar-refractivity contribution in [2.45, 2.75) is 12.5 Å². The number of anilines is 1. The molecule has 2 aromatic heterocycles. The second kappa shape index (κ2) is 6.34. The number of rotatable bonds is 4. The Labute approximate surface area is 133 Å². The molecule has 6 nitrogen and oxygen atoms in total. The minimum atomic E-state index is 0.0251. The molecule has 1 aliphatic rings. The highest BCUT2D eigenvalue weighted by Gasteiger charge is 2.31. The molecule has 1 fully saturated rings. The Kier molecular flexibility index (Phi) is 4.27. The van der Waals surface area contributed by atoms with Crippen LogP contribution in [0.15, 0.2) is 24.5 Å². The summed E-state index contributed by atoms with van der Waals surface area (Å²) in [5, 5.41) is 16.7. The minimum Gasteiger partial charge on any atom is -0.372 e. The second-order valence-corrected chi connectivity index (χ2v) is 5.67. The van der Waals surface area contributed by atoms with E-state index in [0.717, 1.165) is 18.7 Å². The molecule has 0 saturated carbocycles. The zero-order chi connectivity index (χ0) is 15.5. The Bertz CT molecular complexity index is 708. The third-order valence-corrected chi connectivity index (χ3v) is 4.15. The predicted molar refractivity (Wildman–Crippen MR) is 82.5 cm³/mol. The van der Waals surface area contributed by atoms with Crippen molar-refractivity contribution in [3.63, 3.8) is 0 Å². The molecular weight excluding hydrogens is 302 g/mol. The van der Waals surface area contributed by atoms with E-state index in [1.165, 1.54) is 6.20 Å². The van der Waals surface area contributed by atoms with Crippen LogP contribution in [0, 0.1) is 17.2 Å². The molecular formula is C15H16ClN5O. The van der Waals surface area contributed by atoms with Gasteiger partial charge >= 0.3 is 0 Å². The molecule has 1 saturated heterocycles. The summed E-state index contributed by atoms with van der Waals surface area (Å²) in [6.07, 6.45) is 4.28. The van der Waals surface area contributed by atoms with Gasteiger partial charge in [0.15, 0.2) is 0 Å². The van der Waals surface area contributed by atoms with Gasteiger partial charge in [0.05, 0.1) is 16.3 Å². The van der Waals surface area contributed by atoms with Crippen LogP contribution in [-0.2, 0) is 11.8 Å². The highest BCUT2D eigenvalue weighted by molar-refractivity contribution is 6.33. The first-order chi connectivity index (χ1) is 10.7. The molecule has 2 atom stereocenters. The van der Waals surface area contributed by atoms with Gasteiger partial charge in [0, 0.05) is 38.5 Å². The summed E-state index contributed by atoms with van der Waals surface area (Å²) in [7, 11) is 1.92. The van der Waals surface area contributed by atoms with Crippen LogP contribution in [0.5, 0.6) is 0 Å². The minimum absolute atomic E-state index is 0.0251. The molecule has 3 rings (SSSR count). The van der Waals surface area contributed by atoms with Crippen LogP contribution in [0.3, 0.4) is 0 Å². The third kappa shape index (κ3) is 2.91. The van der Waals surface area contributed by atoms with Crippen LogP contribution >= 0.6 is 11.6 Å². The number of nitriles is 1. The van der Waals surface area contributed by atoms with Crippen molar-refractivity contribution in [1.82, 2.24) is 14.8 Å². The molecule has 0 amide bonds. The van der Waals surface area contributed by atoms with Crippen molar-refractivity contribution in [3.05, 3.63) is 40.8 Å². The number of ether oxygens (including phenoxy) is 1. The normalized spacial score (nSPS) is 20.8. The fourth-order valence-electron chi connectivity index (χ4n) is 2.69. The molecule has 0 bridgehead atoms. The number of aryl methyl sites for hydroxylation is 1. The Morgan fingerprint density at radius 2 is 2.45 bits per heavy atom. The molecule has 0 aromatic carbocycles. The molecule has 0 radical (unpaired) electrons. The van der Waals surface area contributed by atoms with Crippen LogP contribution in [-0.4, -0.2) is 27.9 Å². The lowest BCUT2D eigenvalue weighted by molar-refractivity contribution is 0.0866. The number of nitrogens with one attached hydrogen (secondary N) is 1. The summed E-state index contributed by atoms with van der Waals surface area (Å²) in [5.41, 5.74) is 1.52. The quantitative estimate of drug-likeness (QED) is 0.937. The largest absolute Gasteiger partial charge is 0.372 e. The number of nitrogens with zero attached hydrogens (tertiary/aromatic N) is 4. The summed E-state index contributed by atoms with van der Waals surface area (Å²) < 4.78 is 7.69.